The van der Waals surface area contributed by atoms with Crippen LogP contribution in [0, 0.1) is 17.8 Å². The molecule has 1 amide bonds. The number of carboxylic acid groups (broad SMARTS) is 1. The number of carboxylic acids is 1. The first-order valence-corrected chi connectivity index (χ1v) is 7.74. The molecule has 5 nitrogen and oxygen atoms in total. The van der Waals surface area contributed by atoms with Gasteiger partial charge in [-0.3, -0.25) is 9.59 Å². The van der Waals surface area contributed by atoms with E-state index in [1.165, 1.54) is 0 Å². The summed E-state index contributed by atoms with van der Waals surface area (Å²) >= 11 is 0. The number of carbonyl (C=O) groups is 2. The van der Waals surface area contributed by atoms with E-state index in [-0.39, 0.29) is 17.9 Å². The number of amides is 1. The van der Waals surface area contributed by atoms with Crippen molar-refractivity contribution in [2.24, 2.45) is 17.8 Å². The molecule has 4 atom stereocenters. The van der Waals surface area contributed by atoms with Crippen molar-refractivity contribution < 1.29 is 19.4 Å². The van der Waals surface area contributed by atoms with Gasteiger partial charge in [-0.15, -0.1) is 0 Å². The van der Waals surface area contributed by atoms with Crippen molar-refractivity contribution >= 4 is 11.9 Å². The minimum Gasteiger partial charge on any atom is -0.481 e. The SMILES string of the molecule is CCC1C[C@H](C(=O)NCC2CCCCO2)[C@H](C(=O)O)C1. The van der Waals surface area contributed by atoms with E-state index >= 15 is 0 Å². The molecule has 5 heteroatoms. The Morgan fingerprint density at radius 3 is 2.60 bits per heavy atom. The van der Waals surface area contributed by atoms with Crippen molar-refractivity contribution in [2.45, 2.75) is 51.6 Å². The highest BCUT2D eigenvalue weighted by Crippen LogP contribution is 2.38. The van der Waals surface area contributed by atoms with Gasteiger partial charge in [-0.05, 0) is 38.0 Å². The summed E-state index contributed by atoms with van der Waals surface area (Å²) in [7, 11) is 0. The molecule has 0 spiro atoms. The lowest BCUT2D eigenvalue weighted by molar-refractivity contribution is -0.146. The maximum Gasteiger partial charge on any atom is 0.307 e. The number of carbonyl (C=O) groups excluding carboxylic acids is 1. The average molecular weight is 283 g/mol. The summed E-state index contributed by atoms with van der Waals surface area (Å²) < 4.78 is 5.58. The fourth-order valence-corrected chi connectivity index (χ4v) is 3.35. The lowest BCUT2D eigenvalue weighted by Crippen LogP contribution is -2.40. The van der Waals surface area contributed by atoms with Crippen molar-refractivity contribution in [2.75, 3.05) is 13.2 Å². The molecule has 2 rings (SSSR count). The van der Waals surface area contributed by atoms with Gasteiger partial charge in [-0.1, -0.05) is 13.3 Å². The molecular formula is C15H25NO4. The van der Waals surface area contributed by atoms with E-state index in [2.05, 4.69) is 12.2 Å². The van der Waals surface area contributed by atoms with Gasteiger partial charge in [0.15, 0.2) is 0 Å². The Morgan fingerprint density at radius 2 is 2.00 bits per heavy atom. The highest BCUT2D eigenvalue weighted by Gasteiger charge is 2.42. The van der Waals surface area contributed by atoms with Crippen LogP contribution in [0.4, 0.5) is 0 Å². The number of hydrogen-bond acceptors (Lipinski definition) is 3. The first kappa shape index (κ1) is 15.3. The second-order valence-electron chi connectivity index (χ2n) is 6.03. The van der Waals surface area contributed by atoms with Crippen LogP contribution >= 0.6 is 0 Å². The Labute approximate surface area is 120 Å². The molecule has 2 fully saturated rings. The van der Waals surface area contributed by atoms with E-state index in [1.807, 2.05) is 0 Å². The molecule has 1 saturated heterocycles. The second kappa shape index (κ2) is 7.07. The number of ether oxygens (including phenoxy) is 1. The molecule has 2 aliphatic rings. The molecule has 0 aromatic carbocycles. The van der Waals surface area contributed by atoms with Crippen molar-refractivity contribution in [1.29, 1.82) is 0 Å². The lowest BCUT2D eigenvalue weighted by atomic mass is 9.95. The van der Waals surface area contributed by atoms with E-state index < -0.39 is 11.9 Å². The van der Waals surface area contributed by atoms with E-state index in [0.717, 1.165) is 32.3 Å². The van der Waals surface area contributed by atoms with Gasteiger partial charge in [-0.25, -0.2) is 0 Å². The number of nitrogens with one attached hydrogen (secondary N) is 1. The maximum absolute atomic E-state index is 12.2. The van der Waals surface area contributed by atoms with Crippen molar-refractivity contribution in [3.05, 3.63) is 0 Å². The van der Waals surface area contributed by atoms with Crippen molar-refractivity contribution in [1.82, 2.24) is 5.32 Å². The third-order valence-electron chi connectivity index (χ3n) is 4.67. The lowest BCUT2D eigenvalue weighted by Gasteiger charge is -2.24. The van der Waals surface area contributed by atoms with Gasteiger partial charge >= 0.3 is 5.97 Å². The molecule has 1 heterocycles. The monoisotopic (exact) mass is 283 g/mol. The predicted molar refractivity (Wildman–Crippen MR) is 74.2 cm³/mol. The summed E-state index contributed by atoms with van der Waals surface area (Å²) in [6.07, 6.45) is 5.57. The van der Waals surface area contributed by atoms with E-state index in [0.29, 0.717) is 25.3 Å². The zero-order chi connectivity index (χ0) is 14.5. The summed E-state index contributed by atoms with van der Waals surface area (Å²) in [5.41, 5.74) is 0. The fourth-order valence-electron chi connectivity index (χ4n) is 3.35. The molecule has 0 aromatic rings. The van der Waals surface area contributed by atoms with Gasteiger partial charge in [0.1, 0.15) is 0 Å². The van der Waals surface area contributed by atoms with Gasteiger partial charge in [0.25, 0.3) is 0 Å². The molecule has 2 N–H and O–H groups in total. The first-order valence-electron chi connectivity index (χ1n) is 7.74. The molecule has 1 saturated carbocycles. The van der Waals surface area contributed by atoms with Crippen molar-refractivity contribution in [3.63, 3.8) is 0 Å². The van der Waals surface area contributed by atoms with Crippen LogP contribution in [0.1, 0.15) is 45.4 Å². The smallest absolute Gasteiger partial charge is 0.307 e. The Morgan fingerprint density at radius 1 is 1.25 bits per heavy atom. The molecular weight excluding hydrogens is 258 g/mol. The van der Waals surface area contributed by atoms with Crippen LogP contribution in [-0.2, 0) is 14.3 Å². The number of rotatable bonds is 5. The Bertz CT molecular complexity index is 352. The molecule has 0 aromatic heterocycles. The molecule has 1 aliphatic heterocycles. The Balaban J connectivity index is 1.85. The van der Waals surface area contributed by atoms with Crippen LogP contribution in [0.25, 0.3) is 0 Å². The first-order chi connectivity index (χ1) is 9.61. The summed E-state index contributed by atoms with van der Waals surface area (Å²) in [5, 5.41) is 12.2. The third kappa shape index (κ3) is 3.72. The number of aliphatic carboxylic acids is 1. The average Bonchev–Trinajstić information content (AvgIpc) is 2.90. The molecule has 2 unspecified atom stereocenters. The minimum absolute atomic E-state index is 0.0966. The van der Waals surface area contributed by atoms with Crippen LogP contribution < -0.4 is 5.32 Å². The minimum atomic E-state index is -0.838. The van der Waals surface area contributed by atoms with Gasteiger partial charge in [0.2, 0.25) is 5.91 Å². The zero-order valence-electron chi connectivity index (χ0n) is 12.1. The van der Waals surface area contributed by atoms with Crippen LogP contribution in [0.2, 0.25) is 0 Å². The summed E-state index contributed by atoms with van der Waals surface area (Å²) in [5.74, 6) is -1.48. The van der Waals surface area contributed by atoms with Crippen LogP contribution in [-0.4, -0.2) is 36.2 Å². The zero-order valence-corrected chi connectivity index (χ0v) is 12.1. The van der Waals surface area contributed by atoms with Crippen LogP contribution in [0.3, 0.4) is 0 Å². The maximum atomic E-state index is 12.2. The highest BCUT2D eigenvalue weighted by molar-refractivity contribution is 5.85. The molecule has 20 heavy (non-hydrogen) atoms. The summed E-state index contributed by atoms with van der Waals surface area (Å²) in [4.78, 5) is 23.5. The van der Waals surface area contributed by atoms with E-state index in [4.69, 9.17) is 4.74 Å². The van der Waals surface area contributed by atoms with Gasteiger partial charge in [-0.2, -0.15) is 0 Å². The molecule has 114 valence electrons. The summed E-state index contributed by atoms with van der Waals surface area (Å²) in [6.45, 7) is 3.33. The van der Waals surface area contributed by atoms with Crippen LogP contribution in [0.15, 0.2) is 0 Å². The highest BCUT2D eigenvalue weighted by atomic mass is 16.5. The molecule has 0 radical (unpaired) electrons. The van der Waals surface area contributed by atoms with Gasteiger partial charge in [0.05, 0.1) is 17.9 Å². The largest absolute Gasteiger partial charge is 0.481 e. The van der Waals surface area contributed by atoms with Gasteiger partial charge in [0, 0.05) is 13.2 Å². The van der Waals surface area contributed by atoms with Crippen molar-refractivity contribution in [3.8, 4) is 0 Å². The van der Waals surface area contributed by atoms with Gasteiger partial charge < -0.3 is 15.2 Å². The predicted octanol–water partition coefficient (Wildman–Crippen LogP) is 1.81. The van der Waals surface area contributed by atoms with E-state index in [1.54, 1.807) is 0 Å². The Hall–Kier alpha value is -1.10. The van der Waals surface area contributed by atoms with Crippen LogP contribution in [0.5, 0.6) is 0 Å². The topological polar surface area (TPSA) is 75.6 Å². The Kier molecular flexibility index (Phi) is 5.40. The number of hydrogen-bond donors (Lipinski definition) is 2. The quantitative estimate of drug-likeness (QED) is 0.807. The normalized spacial score (nSPS) is 33.9. The summed E-state index contributed by atoms with van der Waals surface area (Å²) in [6, 6.07) is 0. The molecule has 1 aliphatic carbocycles. The standard InChI is InChI=1S/C15H25NO4/c1-2-10-7-12(13(8-10)15(18)19)14(17)16-9-11-5-3-4-6-20-11/h10-13H,2-9H2,1H3,(H,16,17)(H,18,19)/t10?,11?,12-,13+/m0/s1. The van der Waals surface area contributed by atoms with E-state index in [9.17, 15) is 14.7 Å². The third-order valence-corrected chi connectivity index (χ3v) is 4.67. The molecule has 0 bridgehead atoms. The fraction of sp³-hybridized carbons (Fsp3) is 0.867. The second-order valence-corrected chi connectivity index (χ2v) is 6.03.